The molecule has 1 heterocycles. The minimum absolute atomic E-state index is 0.00946. The van der Waals surface area contributed by atoms with Crippen molar-refractivity contribution < 1.29 is 51.6 Å². The van der Waals surface area contributed by atoms with Crippen LogP contribution in [-0.4, -0.2) is 81.2 Å². The molecule has 0 aromatic carbocycles. The Bertz CT molecular complexity index is 1410. The summed E-state index contributed by atoms with van der Waals surface area (Å²) in [6.45, 7) is 8.23. The summed E-state index contributed by atoms with van der Waals surface area (Å²) in [5, 5.41) is 10.3. The summed E-state index contributed by atoms with van der Waals surface area (Å²) in [6.07, 6.45) is 31.8. The van der Waals surface area contributed by atoms with Gasteiger partial charge in [-0.1, -0.05) is 121 Å². The Morgan fingerprint density at radius 1 is 0.733 bits per heavy atom. The quantitative estimate of drug-likeness (QED) is 0.0170. The number of allylic oxidation sites excluding steroid dienone is 5. The van der Waals surface area contributed by atoms with Crippen LogP contribution in [0.1, 0.15) is 171 Å². The van der Waals surface area contributed by atoms with Gasteiger partial charge in [-0.2, -0.15) is 0 Å². The zero-order chi connectivity index (χ0) is 44.5. The Balaban J connectivity index is 2.45. The molecule has 0 radical (unpaired) electrons. The second kappa shape index (κ2) is 34.0. The van der Waals surface area contributed by atoms with Gasteiger partial charge in [0.2, 0.25) is 0 Å². The van der Waals surface area contributed by atoms with E-state index >= 15 is 0 Å². The number of carbonyl (C=O) groups is 2. The van der Waals surface area contributed by atoms with Crippen LogP contribution in [0, 0.1) is 13.8 Å². The molecule has 0 aliphatic heterocycles. The molecule has 0 fully saturated rings. The number of quaternary nitrogens is 1. The number of furan rings is 1. The van der Waals surface area contributed by atoms with Gasteiger partial charge in [0.05, 0.1) is 33.9 Å². The maximum atomic E-state index is 12.7. The van der Waals surface area contributed by atoms with Crippen LogP contribution in [0.5, 0.6) is 0 Å². The third kappa shape index (κ3) is 30.5. The maximum Gasteiger partial charge on any atom is 0.306 e. The lowest BCUT2D eigenvalue weighted by molar-refractivity contribution is -0.870. The number of esters is 2. The van der Waals surface area contributed by atoms with Crippen molar-refractivity contribution in [2.24, 2.45) is 0 Å². The van der Waals surface area contributed by atoms with Crippen molar-refractivity contribution in [2.45, 2.75) is 188 Å². The van der Waals surface area contributed by atoms with Crippen molar-refractivity contribution in [3.05, 3.63) is 59.1 Å². The van der Waals surface area contributed by atoms with Crippen molar-refractivity contribution in [2.75, 3.05) is 47.5 Å². The highest BCUT2D eigenvalue weighted by Gasteiger charge is 2.22. The number of phosphoric ester groups is 1. The molecule has 0 aliphatic rings. The molecule has 2 unspecified atom stereocenters. The molecule has 0 bridgehead atoms. The molecule has 0 saturated heterocycles. The fourth-order valence-electron chi connectivity index (χ4n) is 6.49. The van der Waals surface area contributed by atoms with Crippen LogP contribution in [-0.2, 0) is 45.5 Å². The lowest BCUT2D eigenvalue weighted by Crippen LogP contribution is -2.37. The third-order valence-electron chi connectivity index (χ3n) is 10.5. The van der Waals surface area contributed by atoms with Crippen LogP contribution in [0.25, 0.3) is 0 Å². The molecule has 1 aromatic rings. The maximum absolute atomic E-state index is 12.7. The highest BCUT2D eigenvalue weighted by molar-refractivity contribution is 7.45. The zero-order valence-corrected chi connectivity index (χ0v) is 39.6. The average molecular weight is 866 g/mol. The fourth-order valence-corrected chi connectivity index (χ4v) is 7.22. The van der Waals surface area contributed by atoms with Gasteiger partial charge in [0, 0.05) is 25.7 Å². The van der Waals surface area contributed by atoms with Crippen LogP contribution >= 0.6 is 7.82 Å². The Kier molecular flexibility index (Phi) is 31.5. The number of ether oxygens (including phenoxy) is 2. The first-order valence-corrected chi connectivity index (χ1v) is 24.6. The number of likely N-dealkylation sites (N-methyl/N-ethyl adjacent to an activating group) is 1. The van der Waals surface area contributed by atoms with Gasteiger partial charge in [-0.3, -0.25) is 14.2 Å². The largest absolute Gasteiger partial charge is 0.756 e. The van der Waals surface area contributed by atoms with Gasteiger partial charge in [-0.25, -0.2) is 0 Å². The number of hydrogen-bond acceptors (Lipinski definition) is 10. The minimum atomic E-state index is -4.69. The van der Waals surface area contributed by atoms with Gasteiger partial charge in [-0.15, -0.1) is 0 Å². The number of hydrogen-bond donors (Lipinski definition) is 1. The van der Waals surface area contributed by atoms with Gasteiger partial charge in [0.15, 0.2) is 6.10 Å². The second-order valence-corrected chi connectivity index (χ2v) is 18.6. The van der Waals surface area contributed by atoms with E-state index in [0.717, 1.165) is 69.3 Å². The van der Waals surface area contributed by atoms with Gasteiger partial charge < -0.3 is 37.4 Å². The second-order valence-electron chi connectivity index (χ2n) is 17.2. The Hall–Kier alpha value is -2.53. The standard InChI is InChI=1S/C48H84NO10P/c1-8-10-12-13-14-15-16-17-18-19-20-23-27-31-43(50)32-30-36-48(52)58-44(40-57-60(53,54)56-38-37-49(5,6)7)39-55-47(51)35-29-25-22-21-24-28-34-46-42(4)41(3)45(59-46)33-26-11-9-2/h17-18,20,23,27,31,43-44,50H,8-16,19,21-22,24-26,28-30,32-40H2,1-7H3/b18-17+,23-20+,31-27+/t43?,44-/m1/s1. The Morgan fingerprint density at radius 2 is 1.32 bits per heavy atom. The number of aliphatic hydroxyl groups excluding tert-OH is 1. The smallest absolute Gasteiger partial charge is 0.306 e. The molecule has 1 N–H and O–H groups in total. The summed E-state index contributed by atoms with van der Waals surface area (Å²) < 4.78 is 40.0. The fraction of sp³-hybridized carbons (Fsp3) is 0.750. The summed E-state index contributed by atoms with van der Waals surface area (Å²) in [5.41, 5.74) is 2.58. The van der Waals surface area contributed by atoms with Crippen molar-refractivity contribution in [1.82, 2.24) is 0 Å². The highest BCUT2D eigenvalue weighted by atomic mass is 31.2. The first-order chi connectivity index (χ1) is 28.7. The molecule has 0 amide bonds. The molecule has 60 heavy (non-hydrogen) atoms. The SMILES string of the molecule is CCCCCCCC/C=C/C/C=C/C=C/C(O)CCCC(=O)O[C@H](COC(=O)CCCCCCCCc1oc(CCCCC)c(C)c1C)COP(=O)([O-])OCC[N+](C)(C)C. The molecule has 346 valence electrons. The van der Waals surface area contributed by atoms with Gasteiger partial charge >= 0.3 is 11.9 Å². The molecule has 0 saturated carbocycles. The van der Waals surface area contributed by atoms with Crippen molar-refractivity contribution in [1.29, 1.82) is 0 Å². The molecule has 0 aliphatic carbocycles. The number of unbranched alkanes of at least 4 members (excludes halogenated alkanes) is 13. The summed E-state index contributed by atoms with van der Waals surface area (Å²) in [4.78, 5) is 37.7. The number of nitrogens with zero attached hydrogens (tertiary/aromatic N) is 1. The lowest BCUT2D eigenvalue weighted by Gasteiger charge is -2.28. The van der Waals surface area contributed by atoms with E-state index in [0.29, 0.717) is 30.3 Å². The molecule has 1 rings (SSSR count). The predicted molar refractivity (Wildman–Crippen MR) is 241 cm³/mol. The molecule has 3 atom stereocenters. The zero-order valence-electron chi connectivity index (χ0n) is 38.7. The molecule has 0 spiro atoms. The number of aliphatic hydroxyl groups is 1. The van der Waals surface area contributed by atoms with E-state index in [1.165, 1.54) is 68.9 Å². The van der Waals surface area contributed by atoms with Crippen molar-refractivity contribution >= 4 is 19.8 Å². The van der Waals surface area contributed by atoms with Gasteiger partial charge in [0.1, 0.15) is 31.3 Å². The Labute approximate surface area is 364 Å². The summed E-state index contributed by atoms with van der Waals surface area (Å²) in [5.74, 6) is 1.19. The number of carbonyl (C=O) groups excluding carboxylic acids is 2. The number of phosphoric acid groups is 1. The summed E-state index contributed by atoms with van der Waals surface area (Å²) >= 11 is 0. The average Bonchev–Trinajstić information content (AvgIpc) is 3.45. The summed E-state index contributed by atoms with van der Waals surface area (Å²) in [7, 11) is 1.02. The molecular weight excluding hydrogens is 781 g/mol. The van der Waals surface area contributed by atoms with Gasteiger partial charge in [0.25, 0.3) is 7.82 Å². The normalized spacial score (nSPS) is 14.3. The number of rotatable bonds is 38. The van der Waals surface area contributed by atoms with Crippen LogP contribution in [0.15, 0.2) is 40.9 Å². The first-order valence-electron chi connectivity index (χ1n) is 23.2. The van der Waals surface area contributed by atoms with Crippen molar-refractivity contribution in [3.8, 4) is 0 Å². The Morgan fingerprint density at radius 3 is 1.98 bits per heavy atom. The van der Waals surface area contributed by atoms with E-state index in [2.05, 4.69) is 39.8 Å². The predicted octanol–water partition coefficient (Wildman–Crippen LogP) is 10.9. The lowest BCUT2D eigenvalue weighted by atomic mass is 10.0. The molecular formula is C48H84NO10P. The van der Waals surface area contributed by atoms with Crippen LogP contribution in [0.3, 0.4) is 0 Å². The van der Waals surface area contributed by atoms with Crippen LogP contribution in [0.2, 0.25) is 0 Å². The number of aryl methyl sites for hydroxylation is 2. The monoisotopic (exact) mass is 866 g/mol. The summed E-state index contributed by atoms with van der Waals surface area (Å²) in [6, 6.07) is 0. The van der Waals surface area contributed by atoms with Crippen LogP contribution < -0.4 is 4.89 Å². The van der Waals surface area contributed by atoms with E-state index < -0.39 is 38.6 Å². The molecule has 1 aromatic heterocycles. The van der Waals surface area contributed by atoms with E-state index in [4.69, 9.17) is 22.9 Å². The molecule has 11 nitrogen and oxygen atoms in total. The van der Waals surface area contributed by atoms with Crippen molar-refractivity contribution in [3.63, 3.8) is 0 Å². The topological polar surface area (TPSA) is 145 Å². The van der Waals surface area contributed by atoms with Crippen LogP contribution in [0.4, 0.5) is 0 Å². The third-order valence-corrected chi connectivity index (χ3v) is 11.4. The first kappa shape index (κ1) is 55.5. The van der Waals surface area contributed by atoms with E-state index in [1.807, 2.05) is 33.3 Å². The van der Waals surface area contributed by atoms with E-state index in [9.17, 15) is 24.2 Å². The van der Waals surface area contributed by atoms with Gasteiger partial charge in [-0.05, 0) is 76.3 Å². The minimum Gasteiger partial charge on any atom is -0.756 e. The highest BCUT2D eigenvalue weighted by Crippen LogP contribution is 2.38. The van der Waals surface area contributed by atoms with E-state index in [-0.39, 0.29) is 26.1 Å². The van der Waals surface area contributed by atoms with E-state index in [1.54, 1.807) is 12.2 Å². The molecule has 12 heteroatoms.